The molecule has 1 aromatic carbocycles. The highest BCUT2D eigenvalue weighted by Crippen LogP contribution is 2.29. The van der Waals surface area contributed by atoms with Crippen LogP contribution in [-0.2, 0) is 0 Å². The highest BCUT2D eigenvalue weighted by molar-refractivity contribution is 9.10. The standard InChI is InChI=1S/C10H4BrCl2N3/c11-6-5-16(15-8(6)4-14)9-3-1-2-7(12)10(9)13/h1-3,5H. The molecule has 80 valence electrons. The van der Waals surface area contributed by atoms with Crippen molar-refractivity contribution in [3.05, 3.63) is 44.6 Å². The Hall–Kier alpha value is -1.02. The van der Waals surface area contributed by atoms with E-state index in [1.54, 1.807) is 24.4 Å². The van der Waals surface area contributed by atoms with E-state index in [0.29, 0.717) is 25.9 Å². The first-order chi connectivity index (χ1) is 7.63. The third kappa shape index (κ3) is 1.94. The van der Waals surface area contributed by atoms with Crippen molar-refractivity contribution in [3.63, 3.8) is 0 Å². The van der Waals surface area contributed by atoms with Gasteiger partial charge in [-0.15, -0.1) is 0 Å². The van der Waals surface area contributed by atoms with Crippen LogP contribution in [0, 0.1) is 11.3 Å². The summed E-state index contributed by atoms with van der Waals surface area (Å²) < 4.78 is 2.13. The summed E-state index contributed by atoms with van der Waals surface area (Å²) in [5.41, 5.74) is 0.937. The van der Waals surface area contributed by atoms with Gasteiger partial charge in [0.2, 0.25) is 0 Å². The second kappa shape index (κ2) is 4.46. The SMILES string of the molecule is N#Cc1nn(-c2cccc(Cl)c2Cl)cc1Br. The van der Waals surface area contributed by atoms with Gasteiger partial charge in [0.1, 0.15) is 6.07 Å². The van der Waals surface area contributed by atoms with Gasteiger partial charge in [0, 0.05) is 6.20 Å². The number of halogens is 3. The molecule has 2 aromatic rings. The van der Waals surface area contributed by atoms with Crippen LogP contribution in [-0.4, -0.2) is 9.78 Å². The minimum absolute atomic E-state index is 0.302. The van der Waals surface area contributed by atoms with E-state index in [-0.39, 0.29) is 0 Å². The van der Waals surface area contributed by atoms with Gasteiger partial charge in [-0.3, -0.25) is 0 Å². The molecule has 0 amide bonds. The zero-order valence-corrected chi connectivity index (χ0v) is 10.9. The molecule has 0 spiro atoms. The van der Waals surface area contributed by atoms with Crippen LogP contribution in [0.5, 0.6) is 0 Å². The Balaban J connectivity index is 2.60. The van der Waals surface area contributed by atoms with E-state index in [0.717, 1.165) is 0 Å². The average molecular weight is 317 g/mol. The summed E-state index contributed by atoms with van der Waals surface area (Å²) in [5.74, 6) is 0. The van der Waals surface area contributed by atoms with Crippen LogP contribution in [0.15, 0.2) is 28.9 Å². The molecule has 0 unspecified atom stereocenters. The second-order valence-electron chi connectivity index (χ2n) is 2.95. The summed E-state index contributed by atoms with van der Waals surface area (Å²) >= 11 is 15.2. The molecule has 0 aliphatic carbocycles. The normalized spacial score (nSPS) is 10.1. The number of hydrogen-bond donors (Lipinski definition) is 0. The fraction of sp³-hybridized carbons (Fsp3) is 0. The molecule has 0 fully saturated rings. The Morgan fingerprint density at radius 3 is 2.75 bits per heavy atom. The first-order valence-corrected chi connectivity index (χ1v) is 5.78. The van der Waals surface area contributed by atoms with Crippen LogP contribution in [0.2, 0.25) is 10.0 Å². The van der Waals surface area contributed by atoms with Crippen molar-refractivity contribution in [2.45, 2.75) is 0 Å². The average Bonchev–Trinajstić information content (AvgIpc) is 2.63. The van der Waals surface area contributed by atoms with Crippen molar-refractivity contribution in [2.75, 3.05) is 0 Å². The molecule has 1 aromatic heterocycles. The Morgan fingerprint density at radius 2 is 2.12 bits per heavy atom. The van der Waals surface area contributed by atoms with Crippen LogP contribution in [0.4, 0.5) is 0 Å². The lowest BCUT2D eigenvalue weighted by Crippen LogP contribution is -1.96. The van der Waals surface area contributed by atoms with Gasteiger partial charge in [-0.2, -0.15) is 10.4 Å². The molecule has 0 radical (unpaired) electrons. The van der Waals surface area contributed by atoms with Crippen molar-refractivity contribution in [1.29, 1.82) is 5.26 Å². The smallest absolute Gasteiger partial charge is 0.177 e. The van der Waals surface area contributed by atoms with Crippen molar-refractivity contribution in [2.24, 2.45) is 0 Å². The van der Waals surface area contributed by atoms with Crippen molar-refractivity contribution in [1.82, 2.24) is 9.78 Å². The van der Waals surface area contributed by atoms with Gasteiger partial charge in [-0.1, -0.05) is 29.3 Å². The monoisotopic (exact) mass is 315 g/mol. The zero-order valence-electron chi connectivity index (χ0n) is 7.78. The molecule has 0 saturated heterocycles. The molecule has 0 N–H and O–H groups in total. The Bertz CT molecular complexity index is 586. The van der Waals surface area contributed by atoms with Gasteiger partial charge in [0.05, 0.1) is 20.2 Å². The van der Waals surface area contributed by atoms with E-state index < -0.39 is 0 Å². The molecule has 0 atom stereocenters. The van der Waals surface area contributed by atoms with Gasteiger partial charge >= 0.3 is 0 Å². The molecule has 0 bridgehead atoms. The summed E-state index contributed by atoms with van der Waals surface area (Å²) in [7, 11) is 0. The first-order valence-electron chi connectivity index (χ1n) is 4.23. The summed E-state index contributed by atoms with van der Waals surface area (Å²) in [6.07, 6.45) is 1.66. The molecule has 1 heterocycles. The van der Waals surface area contributed by atoms with Crippen LogP contribution in [0.25, 0.3) is 5.69 Å². The molecule has 0 aliphatic rings. The molecular weight excluding hydrogens is 313 g/mol. The lowest BCUT2D eigenvalue weighted by Gasteiger charge is -2.04. The number of benzene rings is 1. The van der Waals surface area contributed by atoms with E-state index in [1.165, 1.54) is 4.68 Å². The highest BCUT2D eigenvalue weighted by atomic mass is 79.9. The summed E-state index contributed by atoms with van der Waals surface area (Å²) in [4.78, 5) is 0. The van der Waals surface area contributed by atoms with E-state index >= 15 is 0 Å². The minimum atomic E-state index is 0.302. The molecule has 0 saturated carbocycles. The van der Waals surface area contributed by atoms with Gasteiger partial charge in [0.25, 0.3) is 0 Å². The Kier molecular flexibility index (Phi) is 3.20. The molecular formula is C10H4BrCl2N3. The quantitative estimate of drug-likeness (QED) is 0.802. The number of nitrogens with zero attached hydrogens (tertiary/aromatic N) is 3. The maximum Gasteiger partial charge on any atom is 0.177 e. The Labute approximate surface area is 110 Å². The number of aromatic nitrogens is 2. The largest absolute Gasteiger partial charge is 0.237 e. The predicted molar refractivity (Wildman–Crippen MR) is 66.0 cm³/mol. The molecule has 2 rings (SSSR count). The fourth-order valence-electron chi connectivity index (χ4n) is 1.22. The maximum absolute atomic E-state index is 8.79. The van der Waals surface area contributed by atoms with Crippen LogP contribution < -0.4 is 0 Å². The third-order valence-electron chi connectivity index (χ3n) is 1.95. The number of hydrogen-bond acceptors (Lipinski definition) is 2. The van der Waals surface area contributed by atoms with Crippen LogP contribution in [0.1, 0.15) is 5.69 Å². The second-order valence-corrected chi connectivity index (χ2v) is 4.59. The van der Waals surface area contributed by atoms with Crippen molar-refractivity contribution < 1.29 is 0 Å². The van der Waals surface area contributed by atoms with E-state index in [4.69, 9.17) is 28.5 Å². The minimum Gasteiger partial charge on any atom is -0.237 e. The van der Waals surface area contributed by atoms with E-state index in [2.05, 4.69) is 21.0 Å². The topological polar surface area (TPSA) is 41.6 Å². The number of nitriles is 1. The van der Waals surface area contributed by atoms with Gasteiger partial charge in [0.15, 0.2) is 5.69 Å². The lowest BCUT2D eigenvalue weighted by atomic mass is 10.3. The Morgan fingerprint density at radius 1 is 1.38 bits per heavy atom. The fourth-order valence-corrected chi connectivity index (χ4v) is 1.97. The first kappa shape index (κ1) is 11.5. The zero-order chi connectivity index (χ0) is 11.7. The van der Waals surface area contributed by atoms with Crippen LogP contribution >= 0.6 is 39.1 Å². The third-order valence-corrected chi connectivity index (χ3v) is 3.34. The predicted octanol–water partition coefficient (Wildman–Crippen LogP) is 3.81. The van der Waals surface area contributed by atoms with Gasteiger partial charge in [-0.05, 0) is 28.1 Å². The summed E-state index contributed by atoms with van der Waals surface area (Å²) in [6.45, 7) is 0. The number of rotatable bonds is 1. The van der Waals surface area contributed by atoms with Crippen molar-refractivity contribution in [3.8, 4) is 11.8 Å². The van der Waals surface area contributed by atoms with E-state index in [9.17, 15) is 0 Å². The molecule has 16 heavy (non-hydrogen) atoms. The molecule has 6 heteroatoms. The highest BCUT2D eigenvalue weighted by Gasteiger charge is 2.10. The van der Waals surface area contributed by atoms with Gasteiger partial charge < -0.3 is 0 Å². The van der Waals surface area contributed by atoms with Crippen LogP contribution in [0.3, 0.4) is 0 Å². The summed E-state index contributed by atoms with van der Waals surface area (Å²) in [6, 6.07) is 7.20. The lowest BCUT2D eigenvalue weighted by molar-refractivity contribution is 0.873. The maximum atomic E-state index is 8.79. The van der Waals surface area contributed by atoms with Crippen molar-refractivity contribution >= 4 is 39.1 Å². The summed E-state index contributed by atoms with van der Waals surface area (Å²) in [5, 5.41) is 13.7. The van der Waals surface area contributed by atoms with Gasteiger partial charge in [-0.25, -0.2) is 4.68 Å². The molecule has 3 nitrogen and oxygen atoms in total. The molecule has 0 aliphatic heterocycles. The van der Waals surface area contributed by atoms with E-state index in [1.807, 2.05) is 6.07 Å².